The van der Waals surface area contributed by atoms with Crippen molar-refractivity contribution in [1.82, 2.24) is 0 Å². The van der Waals surface area contributed by atoms with Crippen molar-refractivity contribution in [2.45, 2.75) is 0 Å². The van der Waals surface area contributed by atoms with Gasteiger partial charge in [-0.1, -0.05) is 156 Å². The van der Waals surface area contributed by atoms with Gasteiger partial charge in [0.25, 0.3) is 0 Å². The van der Waals surface area contributed by atoms with Gasteiger partial charge in [-0.15, -0.1) is 0 Å². The van der Waals surface area contributed by atoms with E-state index in [1.54, 1.807) is 0 Å². The van der Waals surface area contributed by atoms with Crippen molar-refractivity contribution >= 4 is 62.5 Å². The Morgan fingerprint density at radius 3 is 1.97 bits per heavy atom. The van der Waals surface area contributed by atoms with Gasteiger partial charge in [0.2, 0.25) is 6.71 Å². The topological polar surface area (TPSA) is 17.1 Å². The molecule has 0 amide bonds. The molecule has 3 heteroatoms. The molecule has 1 nitrogen and oxygen atoms in total. The van der Waals surface area contributed by atoms with Crippen LogP contribution in [0.15, 0.2) is 146 Å². The van der Waals surface area contributed by atoms with Crippen LogP contribution in [0.25, 0.3) is 21.8 Å². The van der Waals surface area contributed by atoms with Crippen LogP contribution in [0.2, 0.25) is 0 Å². The Kier molecular flexibility index (Phi) is 4.96. The zero-order valence-electron chi connectivity index (χ0n) is 21.3. The first-order valence-electron chi connectivity index (χ1n) is 13.4. The van der Waals surface area contributed by atoms with Crippen LogP contribution in [-0.4, -0.2) is 6.71 Å². The Morgan fingerprint density at radius 2 is 1.15 bits per heavy atom. The molecule has 182 valence electrons. The fourth-order valence-corrected chi connectivity index (χ4v) is 9.85. The Bertz CT molecular complexity index is 1990. The van der Waals surface area contributed by atoms with Crippen LogP contribution >= 0.6 is 7.14 Å². The van der Waals surface area contributed by atoms with Gasteiger partial charge in [-0.3, -0.25) is 0 Å². The van der Waals surface area contributed by atoms with Crippen LogP contribution in [0.4, 0.5) is 0 Å². The summed E-state index contributed by atoms with van der Waals surface area (Å²) in [6.07, 6.45) is 0. The van der Waals surface area contributed by atoms with Gasteiger partial charge >= 0.3 is 0 Å². The predicted octanol–water partition coefficient (Wildman–Crippen LogP) is 5.91. The highest BCUT2D eigenvalue weighted by atomic mass is 31.2. The lowest BCUT2D eigenvalue weighted by molar-refractivity contribution is 0.592. The molecule has 39 heavy (non-hydrogen) atoms. The molecular formula is C36H24BOP. The van der Waals surface area contributed by atoms with Crippen molar-refractivity contribution in [1.29, 1.82) is 0 Å². The number of fused-ring (bicyclic) bond motifs is 8. The molecule has 6 aromatic rings. The van der Waals surface area contributed by atoms with Gasteiger partial charge in [0.05, 0.1) is 0 Å². The van der Waals surface area contributed by atoms with Gasteiger partial charge in [-0.05, 0) is 33.5 Å². The summed E-state index contributed by atoms with van der Waals surface area (Å²) in [6.45, 7) is 0.0488. The molecule has 1 atom stereocenters. The number of hydrogen-bond donors (Lipinski definition) is 0. The first-order valence-corrected chi connectivity index (χ1v) is 15.1. The first-order chi connectivity index (χ1) is 19.3. The van der Waals surface area contributed by atoms with E-state index in [0.717, 1.165) is 37.8 Å². The average Bonchev–Trinajstić information content (AvgIpc) is 3.31. The highest BCUT2D eigenvalue weighted by molar-refractivity contribution is 7.85. The van der Waals surface area contributed by atoms with E-state index in [4.69, 9.17) is 0 Å². The Balaban J connectivity index is 1.62. The zero-order valence-corrected chi connectivity index (χ0v) is 22.2. The predicted molar refractivity (Wildman–Crippen MR) is 167 cm³/mol. The summed E-state index contributed by atoms with van der Waals surface area (Å²) >= 11 is 0. The third-order valence-corrected chi connectivity index (χ3v) is 11.5. The van der Waals surface area contributed by atoms with Crippen molar-refractivity contribution in [3.8, 4) is 0 Å². The molecule has 0 N–H and O–H groups in total. The van der Waals surface area contributed by atoms with E-state index in [0.29, 0.717) is 0 Å². The molecule has 0 spiro atoms. The minimum Gasteiger partial charge on any atom is -0.309 e. The monoisotopic (exact) mass is 514 g/mol. The number of benzene rings is 6. The molecule has 0 fully saturated rings. The van der Waals surface area contributed by atoms with Gasteiger partial charge in [-0.25, -0.2) is 0 Å². The lowest BCUT2D eigenvalue weighted by atomic mass is 9.37. The quantitative estimate of drug-likeness (QED) is 0.207. The van der Waals surface area contributed by atoms with Gasteiger partial charge < -0.3 is 4.57 Å². The molecule has 0 radical (unpaired) electrons. The van der Waals surface area contributed by atoms with Gasteiger partial charge in [0.15, 0.2) is 7.14 Å². The maximum Gasteiger partial charge on any atom is 0.243 e. The van der Waals surface area contributed by atoms with E-state index in [9.17, 15) is 0 Å². The van der Waals surface area contributed by atoms with Crippen LogP contribution < -0.4 is 26.8 Å². The molecular weight excluding hydrogens is 490 g/mol. The first kappa shape index (κ1) is 22.6. The van der Waals surface area contributed by atoms with Crippen LogP contribution in [0.1, 0.15) is 16.7 Å². The fourth-order valence-electron chi connectivity index (χ4n) is 6.78. The molecule has 1 unspecified atom stereocenters. The fraction of sp³-hybridized carbons (Fsp3) is 0. The summed E-state index contributed by atoms with van der Waals surface area (Å²) in [4.78, 5) is 0. The van der Waals surface area contributed by atoms with Crippen LogP contribution in [0.5, 0.6) is 0 Å². The largest absolute Gasteiger partial charge is 0.309 e. The van der Waals surface area contributed by atoms with Crippen LogP contribution in [-0.2, 0) is 4.57 Å². The lowest BCUT2D eigenvalue weighted by Gasteiger charge is -2.25. The van der Waals surface area contributed by atoms with Crippen molar-refractivity contribution in [3.63, 3.8) is 0 Å². The molecule has 6 aromatic carbocycles. The van der Waals surface area contributed by atoms with Crippen LogP contribution in [0.3, 0.4) is 0 Å². The average molecular weight is 514 g/mol. The smallest absolute Gasteiger partial charge is 0.243 e. The maximum absolute atomic E-state index is 15.9. The molecule has 0 saturated carbocycles. The second-order valence-corrected chi connectivity index (χ2v) is 13.1. The Morgan fingerprint density at radius 1 is 0.513 bits per heavy atom. The lowest BCUT2D eigenvalue weighted by Crippen LogP contribution is -2.42. The highest BCUT2D eigenvalue weighted by Gasteiger charge is 2.45. The normalized spacial score (nSPS) is 17.3. The van der Waals surface area contributed by atoms with Crippen molar-refractivity contribution in [2.24, 2.45) is 0 Å². The summed E-state index contributed by atoms with van der Waals surface area (Å²) in [6, 6.07) is 50.9. The molecule has 2 heterocycles. The summed E-state index contributed by atoms with van der Waals surface area (Å²) < 4.78 is 15.9. The van der Waals surface area contributed by atoms with E-state index in [2.05, 4.69) is 109 Å². The maximum atomic E-state index is 15.9. The second kappa shape index (κ2) is 8.56. The second-order valence-electron chi connectivity index (χ2n) is 10.4. The summed E-state index contributed by atoms with van der Waals surface area (Å²) in [7, 11) is -3.22. The minimum absolute atomic E-state index is 0.0488. The third-order valence-electron chi connectivity index (χ3n) is 8.38. The highest BCUT2D eigenvalue weighted by Crippen LogP contribution is 2.53. The number of rotatable bonds is 2. The van der Waals surface area contributed by atoms with Crippen molar-refractivity contribution < 1.29 is 4.57 Å². The minimum atomic E-state index is -3.22. The van der Waals surface area contributed by atoms with E-state index in [-0.39, 0.29) is 6.71 Å². The summed E-state index contributed by atoms with van der Waals surface area (Å²) in [5.74, 6) is 0. The molecule has 0 bridgehead atoms. The van der Waals surface area contributed by atoms with E-state index in [1.807, 2.05) is 36.4 Å². The van der Waals surface area contributed by atoms with Gasteiger partial charge in [0.1, 0.15) is 0 Å². The molecule has 0 saturated heterocycles. The van der Waals surface area contributed by atoms with Gasteiger partial charge in [-0.2, -0.15) is 0 Å². The Labute approximate surface area is 228 Å². The Hall–Kier alpha value is -4.39. The van der Waals surface area contributed by atoms with E-state index in [1.165, 1.54) is 27.5 Å². The van der Waals surface area contributed by atoms with Gasteiger partial charge in [0, 0.05) is 21.5 Å². The molecule has 0 aliphatic carbocycles. The van der Waals surface area contributed by atoms with Crippen molar-refractivity contribution in [2.75, 3.05) is 0 Å². The molecule has 8 rings (SSSR count). The summed E-state index contributed by atoms with van der Waals surface area (Å²) in [5.41, 5.74) is 8.45. The molecule has 2 aliphatic heterocycles. The standard InChI is InChI=1S/C36H24BOP/c38-39(27-16-5-2-6-17-27)32-22-12-10-20-30(32)36-35(34-28-18-8-7-13-25(28)23-24-33(34)39)29-19-9-11-21-31(29)37(36)26-14-3-1-4-15-26/h1-24H. The number of hydrogen-bond acceptors (Lipinski definition) is 1. The zero-order chi connectivity index (χ0) is 26.0. The molecule has 0 aromatic heterocycles. The van der Waals surface area contributed by atoms with E-state index >= 15 is 4.57 Å². The third kappa shape index (κ3) is 3.13. The SMILES string of the molecule is O=P1(c2ccccc2)c2ccccc2C2=C(c3ccccc3B2c2ccccc2)c2c1ccc1ccccc21. The van der Waals surface area contributed by atoms with Crippen molar-refractivity contribution in [3.05, 3.63) is 162 Å². The molecule has 2 aliphatic rings. The van der Waals surface area contributed by atoms with E-state index < -0.39 is 7.14 Å². The van der Waals surface area contributed by atoms with Crippen LogP contribution in [0, 0.1) is 0 Å². The summed E-state index contributed by atoms with van der Waals surface area (Å²) in [5, 5.41) is 5.03.